The molecule has 170 valence electrons. The summed E-state index contributed by atoms with van der Waals surface area (Å²) in [5, 5.41) is 5.17. The van der Waals surface area contributed by atoms with Gasteiger partial charge in [0.2, 0.25) is 6.79 Å². The van der Waals surface area contributed by atoms with E-state index in [1.54, 1.807) is 32.0 Å². The molecule has 1 atom stereocenters. The summed E-state index contributed by atoms with van der Waals surface area (Å²) < 4.78 is 20.8. The number of amides is 2. The standard InChI is InChI=1S/C23H26N2O7/c1-15(2)21(25-23(28)30-12-16-6-4-3-5-7-16)22(27)29-13-20(26)24-11-17-8-9-18-19(10-17)32-14-31-18/h3-10,15,21H,11-14H2,1-2H3,(H,24,26)(H,25,28)/t21-/m1/s1. The maximum absolute atomic E-state index is 12.4. The molecule has 0 aromatic heterocycles. The molecule has 32 heavy (non-hydrogen) atoms. The first-order chi connectivity index (χ1) is 15.4. The van der Waals surface area contributed by atoms with Crippen LogP contribution >= 0.6 is 0 Å². The molecule has 0 unspecified atom stereocenters. The van der Waals surface area contributed by atoms with Gasteiger partial charge in [-0.05, 0) is 29.2 Å². The molecule has 1 aliphatic rings. The number of esters is 1. The Morgan fingerprint density at radius 2 is 1.72 bits per heavy atom. The van der Waals surface area contributed by atoms with Gasteiger partial charge in [-0.15, -0.1) is 0 Å². The quantitative estimate of drug-likeness (QED) is 0.574. The van der Waals surface area contributed by atoms with Crippen LogP contribution in [-0.4, -0.2) is 37.4 Å². The summed E-state index contributed by atoms with van der Waals surface area (Å²) in [6, 6.07) is 13.6. The molecule has 0 spiro atoms. The average Bonchev–Trinajstić information content (AvgIpc) is 3.26. The maximum Gasteiger partial charge on any atom is 0.408 e. The lowest BCUT2D eigenvalue weighted by atomic mass is 10.1. The summed E-state index contributed by atoms with van der Waals surface area (Å²) in [7, 11) is 0. The Kier molecular flexibility index (Phi) is 7.91. The zero-order valence-corrected chi connectivity index (χ0v) is 18.0. The van der Waals surface area contributed by atoms with Crippen LogP contribution in [0.2, 0.25) is 0 Å². The zero-order valence-electron chi connectivity index (χ0n) is 18.0. The number of nitrogens with one attached hydrogen (secondary N) is 2. The highest BCUT2D eigenvalue weighted by Crippen LogP contribution is 2.32. The highest BCUT2D eigenvalue weighted by molar-refractivity contribution is 5.84. The fraction of sp³-hybridized carbons (Fsp3) is 0.348. The first kappa shape index (κ1) is 22.9. The number of carbonyl (C=O) groups is 3. The van der Waals surface area contributed by atoms with Crippen molar-refractivity contribution < 1.29 is 33.3 Å². The lowest BCUT2D eigenvalue weighted by Gasteiger charge is -2.20. The van der Waals surface area contributed by atoms with E-state index in [2.05, 4.69) is 10.6 Å². The van der Waals surface area contributed by atoms with E-state index in [4.69, 9.17) is 18.9 Å². The van der Waals surface area contributed by atoms with Crippen LogP contribution in [0, 0.1) is 5.92 Å². The van der Waals surface area contributed by atoms with E-state index in [1.807, 2.05) is 30.3 Å². The van der Waals surface area contributed by atoms with Gasteiger partial charge in [-0.2, -0.15) is 0 Å². The maximum atomic E-state index is 12.4. The van der Waals surface area contributed by atoms with Gasteiger partial charge >= 0.3 is 12.1 Å². The van der Waals surface area contributed by atoms with Crippen molar-refractivity contribution in [1.29, 1.82) is 0 Å². The predicted molar refractivity (Wildman–Crippen MR) is 114 cm³/mol. The van der Waals surface area contributed by atoms with Crippen LogP contribution in [0.1, 0.15) is 25.0 Å². The molecule has 0 bridgehead atoms. The Hall–Kier alpha value is -3.75. The van der Waals surface area contributed by atoms with Crippen molar-refractivity contribution in [3.8, 4) is 11.5 Å². The van der Waals surface area contributed by atoms with E-state index >= 15 is 0 Å². The van der Waals surface area contributed by atoms with Crippen molar-refractivity contribution >= 4 is 18.0 Å². The van der Waals surface area contributed by atoms with Gasteiger partial charge < -0.3 is 29.6 Å². The summed E-state index contributed by atoms with van der Waals surface area (Å²) in [5.41, 5.74) is 1.64. The van der Waals surface area contributed by atoms with E-state index in [-0.39, 0.29) is 25.9 Å². The van der Waals surface area contributed by atoms with Crippen LogP contribution in [-0.2, 0) is 32.2 Å². The highest BCUT2D eigenvalue weighted by Gasteiger charge is 2.27. The second-order valence-corrected chi connectivity index (χ2v) is 7.50. The van der Waals surface area contributed by atoms with E-state index in [1.165, 1.54) is 0 Å². The molecule has 1 aliphatic heterocycles. The number of hydrogen-bond acceptors (Lipinski definition) is 7. The minimum atomic E-state index is -0.945. The zero-order chi connectivity index (χ0) is 22.9. The Morgan fingerprint density at radius 3 is 2.47 bits per heavy atom. The van der Waals surface area contributed by atoms with E-state index in [9.17, 15) is 14.4 Å². The summed E-state index contributed by atoms with van der Waals surface area (Å²) in [5.74, 6) is -0.166. The van der Waals surface area contributed by atoms with Crippen molar-refractivity contribution in [2.24, 2.45) is 5.92 Å². The third-order valence-corrected chi connectivity index (χ3v) is 4.68. The van der Waals surface area contributed by atoms with E-state index in [0.717, 1.165) is 11.1 Å². The molecule has 0 saturated carbocycles. The van der Waals surface area contributed by atoms with Crippen LogP contribution < -0.4 is 20.1 Å². The fourth-order valence-corrected chi connectivity index (χ4v) is 2.92. The van der Waals surface area contributed by atoms with Gasteiger partial charge in [-0.3, -0.25) is 4.79 Å². The number of ether oxygens (including phenoxy) is 4. The highest BCUT2D eigenvalue weighted by atomic mass is 16.7. The molecule has 2 aromatic carbocycles. The first-order valence-electron chi connectivity index (χ1n) is 10.2. The molecule has 0 saturated heterocycles. The molecule has 9 nitrogen and oxygen atoms in total. The van der Waals surface area contributed by atoms with Crippen molar-refractivity contribution in [3.63, 3.8) is 0 Å². The Morgan fingerprint density at radius 1 is 0.969 bits per heavy atom. The monoisotopic (exact) mass is 442 g/mol. The molecule has 2 aromatic rings. The Labute approximate surface area is 186 Å². The van der Waals surface area contributed by atoms with E-state index in [0.29, 0.717) is 11.5 Å². The first-order valence-corrected chi connectivity index (χ1v) is 10.2. The van der Waals surface area contributed by atoms with Crippen molar-refractivity contribution in [1.82, 2.24) is 10.6 Å². The molecule has 2 N–H and O–H groups in total. The minimum Gasteiger partial charge on any atom is -0.454 e. The van der Waals surface area contributed by atoms with Crippen LogP contribution in [0.5, 0.6) is 11.5 Å². The molecule has 0 aliphatic carbocycles. The topological polar surface area (TPSA) is 112 Å². The number of fused-ring (bicyclic) bond motifs is 1. The number of hydrogen-bond donors (Lipinski definition) is 2. The Balaban J connectivity index is 1.41. The number of carbonyl (C=O) groups excluding carboxylic acids is 3. The molecule has 0 fully saturated rings. The van der Waals surface area contributed by atoms with Gasteiger partial charge in [0.1, 0.15) is 12.6 Å². The smallest absolute Gasteiger partial charge is 0.408 e. The second kappa shape index (κ2) is 11.0. The van der Waals surface area contributed by atoms with Crippen molar-refractivity contribution in [2.75, 3.05) is 13.4 Å². The second-order valence-electron chi connectivity index (χ2n) is 7.50. The van der Waals surface area contributed by atoms with Crippen molar-refractivity contribution in [3.05, 3.63) is 59.7 Å². The molecular formula is C23H26N2O7. The molecule has 1 heterocycles. The number of rotatable bonds is 9. The van der Waals surface area contributed by atoms with Crippen molar-refractivity contribution in [2.45, 2.75) is 33.0 Å². The molecular weight excluding hydrogens is 416 g/mol. The number of alkyl carbamates (subject to hydrolysis) is 1. The Bertz CT molecular complexity index is 947. The average molecular weight is 442 g/mol. The summed E-state index contributed by atoms with van der Waals surface area (Å²) in [6.07, 6.45) is -0.739. The molecule has 3 rings (SSSR count). The van der Waals surface area contributed by atoms with Crippen LogP contribution in [0.25, 0.3) is 0 Å². The van der Waals surface area contributed by atoms with Crippen LogP contribution in [0.4, 0.5) is 4.79 Å². The minimum absolute atomic E-state index is 0.0782. The lowest BCUT2D eigenvalue weighted by molar-refractivity contribution is -0.151. The summed E-state index contributed by atoms with van der Waals surface area (Å²) >= 11 is 0. The summed E-state index contributed by atoms with van der Waals surface area (Å²) in [6.45, 7) is 3.53. The van der Waals surface area contributed by atoms with Gasteiger partial charge in [-0.1, -0.05) is 50.2 Å². The fourth-order valence-electron chi connectivity index (χ4n) is 2.92. The van der Waals surface area contributed by atoms with Gasteiger partial charge in [0.15, 0.2) is 18.1 Å². The van der Waals surface area contributed by atoms with Gasteiger partial charge in [0, 0.05) is 6.54 Å². The predicted octanol–water partition coefficient (Wildman–Crippen LogP) is 2.53. The van der Waals surface area contributed by atoms with Crippen LogP contribution in [0.15, 0.2) is 48.5 Å². The molecule has 0 radical (unpaired) electrons. The van der Waals surface area contributed by atoms with E-state index < -0.39 is 30.6 Å². The summed E-state index contributed by atoms with van der Waals surface area (Å²) in [4.78, 5) is 36.5. The van der Waals surface area contributed by atoms with Gasteiger partial charge in [0.25, 0.3) is 5.91 Å². The molecule has 9 heteroatoms. The molecule has 2 amide bonds. The van der Waals surface area contributed by atoms with Crippen LogP contribution in [0.3, 0.4) is 0 Å². The lowest BCUT2D eigenvalue weighted by Crippen LogP contribution is -2.46. The van der Waals surface area contributed by atoms with Gasteiger partial charge in [-0.25, -0.2) is 9.59 Å². The third kappa shape index (κ3) is 6.63. The normalized spacial score (nSPS) is 12.7. The number of benzene rings is 2. The van der Waals surface area contributed by atoms with Gasteiger partial charge in [0.05, 0.1) is 0 Å². The third-order valence-electron chi connectivity index (χ3n) is 4.68. The SMILES string of the molecule is CC(C)[C@@H](NC(=O)OCc1ccccc1)C(=O)OCC(=O)NCc1ccc2c(c1)OCO2. The largest absolute Gasteiger partial charge is 0.454 e.